The number of benzene rings is 1. The predicted molar refractivity (Wildman–Crippen MR) is 99.7 cm³/mol. The number of carbonyl (C=O) groups excluding carboxylic acids is 1. The van der Waals surface area contributed by atoms with Crippen LogP contribution in [-0.4, -0.2) is 45.5 Å². The first-order chi connectivity index (χ1) is 12.1. The van der Waals surface area contributed by atoms with Crippen LogP contribution in [0.4, 0.5) is 0 Å². The molecule has 25 heavy (non-hydrogen) atoms. The Bertz CT molecular complexity index is 742. The van der Waals surface area contributed by atoms with Gasteiger partial charge in [-0.15, -0.1) is 11.8 Å². The SMILES string of the molecule is Cc1ccc(C(=O)N2CC3(C[C@@H](OCc4ccncc4)CS3)C2)cc1. The van der Waals surface area contributed by atoms with Crippen molar-refractivity contribution in [2.45, 2.75) is 30.8 Å². The zero-order valence-corrected chi connectivity index (χ0v) is 15.2. The second-order valence-electron chi connectivity index (χ2n) is 7.01. The number of likely N-dealkylation sites (tertiary alicyclic amines) is 1. The van der Waals surface area contributed by atoms with Crippen molar-refractivity contribution in [2.24, 2.45) is 0 Å². The summed E-state index contributed by atoms with van der Waals surface area (Å²) in [6, 6.07) is 11.8. The summed E-state index contributed by atoms with van der Waals surface area (Å²) in [6.07, 6.45) is 4.89. The van der Waals surface area contributed by atoms with Crippen molar-refractivity contribution < 1.29 is 9.53 Å². The van der Waals surface area contributed by atoms with E-state index >= 15 is 0 Å². The Balaban J connectivity index is 1.28. The average Bonchev–Trinajstić information content (AvgIpc) is 3.04. The van der Waals surface area contributed by atoms with Gasteiger partial charge in [-0.25, -0.2) is 0 Å². The zero-order chi connectivity index (χ0) is 17.3. The quantitative estimate of drug-likeness (QED) is 0.845. The molecular formula is C20H22N2O2S. The molecule has 5 heteroatoms. The topological polar surface area (TPSA) is 42.4 Å². The van der Waals surface area contributed by atoms with Crippen molar-refractivity contribution in [2.75, 3.05) is 18.8 Å². The van der Waals surface area contributed by atoms with Gasteiger partial charge in [-0.2, -0.15) is 0 Å². The number of pyridine rings is 1. The number of hydrogen-bond acceptors (Lipinski definition) is 4. The van der Waals surface area contributed by atoms with Crippen LogP contribution in [0.5, 0.6) is 0 Å². The fourth-order valence-corrected chi connectivity index (χ4v) is 5.05. The van der Waals surface area contributed by atoms with Gasteiger partial charge >= 0.3 is 0 Å². The molecule has 1 amide bonds. The maximum absolute atomic E-state index is 12.6. The van der Waals surface area contributed by atoms with Crippen molar-refractivity contribution in [3.63, 3.8) is 0 Å². The minimum atomic E-state index is 0.146. The van der Waals surface area contributed by atoms with Gasteiger partial charge in [0.1, 0.15) is 0 Å². The van der Waals surface area contributed by atoms with E-state index in [0.717, 1.165) is 36.4 Å². The van der Waals surface area contributed by atoms with E-state index in [1.807, 2.05) is 60.0 Å². The first kappa shape index (κ1) is 16.6. The van der Waals surface area contributed by atoms with Gasteiger partial charge < -0.3 is 9.64 Å². The molecule has 0 bridgehead atoms. The lowest BCUT2D eigenvalue weighted by atomic mass is 9.92. The first-order valence-electron chi connectivity index (χ1n) is 8.64. The highest BCUT2D eigenvalue weighted by atomic mass is 32.2. The van der Waals surface area contributed by atoms with Gasteiger partial charge in [0.15, 0.2) is 0 Å². The number of aryl methyl sites for hydroxylation is 1. The van der Waals surface area contributed by atoms with Crippen LogP contribution in [0.3, 0.4) is 0 Å². The summed E-state index contributed by atoms with van der Waals surface area (Å²) in [7, 11) is 0. The monoisotopic (exact) mass is 354 g/mol. The van der Waals surface area contributed by atoms with Gasteiger partial charge in [-0.1, -0.05) is 17.7 Å². The molecule has 2 fully saturated rings. The van der Waals surface area contributed by atoms with E-state index in [1.165, 1.54) is 5.56 Å². The third-order valence-corrected chi connectivity index (χ3v) is 6.53. The number of thioether (sulfide) groups is 1. The number of ether oxygens (including phenoxy) is 1. The van der Waals surface area contributed by atoms with E-state index in [1.54, 1.807) is 12.4 Å². The molecule has 1 aromatic heterocycles. The summed E-state index contributed by atoms with van der Waals surface area (Å²) >= 11 is 1.96. The normalized spacial score (nSPS) is 21.3. The molecular weight excluding hydrogens is 332 g/mol. The van der Waals surface area contributed by atoms with Crippen molar-refractivity contribution in [1.29, 1.82) is 0 Å². The van der Waals surface area contributed by atoms with Crippen molar-refractivity contribution >= 4 is 17.7 Å². The van der Waals surface area contributed by atoms with Crippen LogP contribution in [0, 0.1) is 6.92 Å². The van der Waals surface area contributed by atoms with Crippen LogP contribution in [0.25, 0.3) is 0 Å². The van der Waals surface area contributed by atoms with Crippen LogP contribution in [-0.2, 0) is 11.3 Å². The van der Waals surface area contributed by atoms with E-state index in [0.29, 0.717) is 6.61 Å². The second-order valence-corrected chi connectivity index (χ2v) is 8.50. The molecule has 2 aromatic rings. The Morgan fingerprint density at radius 3 is 2.68 bits per heavy atom. The lowest BCUT2D eigenvalue weighted by Gasteiger charge is -2.47. The molecule has 0 saturated carbocycles. The Morgan fingerprint density at radius 2 is 1.96 bits per heavy atom. The third kappa shape index (κ3) is 3.58. The number of carbonyl (C=O) groups is 1. The molecule has 2 aliphatic heterocycles. The van der Waals surface area contributed by atoms with Crippen molar-refractivity contribution in [3.8, 4) is 0 Å². The van der Waals surface area contributed by atoms with Gasteiger partial charge in [-0.3, -0.25) is 9.78 Å². The lowest BCUT2D eigenvalue weighted by molar-refractivity contribution is 0.0255. The van der Waals surface area contributed by atoms with Crippen LogP contribution in [0.15, 0.2) is 48.8 Å². The van der Waals surface area contributed by atoms with E-state index in [9.17, 15) is 4.79 Å². The smallest absolute Gasteiger partial charge is 0.253 e. The summed E-state index contributed by atoms with van der Waals surface area (Å²) in [5, 5.41) is 0. The number of hydrogen-bond donors (Lipinski definition) is 0. The Hall–Kier alpha value is -1.85. The van der Waals surface area contributed by atoms with Gasteiger partial charge in [0, 0.05) is 36.8 Å². The van der Waals surface area contributed by atoms with Gasteiger partial charge in [0.05, 0.1) is 17.5 Å². The fourth-order valence-electron chi connectivity index (χ4n) is 3.49. The lowest BCUT2D eigenvalue weighted by Crippen LogP contribution is -2.60. The summed E-state index contributed by atoms with van der Waals surface area (Å²) in [6.45, 7) is 4.34. The summed E-state index contributed by atoms with van der Waals surface area (Å²) in [5.74, 6) is 1.16. The highest BCUT2D eigenvalue weighted by Crippen LogP contribution is 2.46. The minimum absolute atomic E-state index is 0.146. The largest absolute Gasteiger partial charge is 0.373 e. The molecule has 130 valence electrons. The third-order valence-electron chi connectivity index (χ3n) is 4.95. The highest BCUT2D eigenvalue weighted by molar-refractivity contribution is 8.01. The van der Waals surface area contributed by atoms with Crippen LogP contribution in [0.2, 0.25) is 0 Å². The first-order valence-corrected chi connectivity index (χ1v) is 9.63. The molecule has 1 spiro atoms. The maximum Gasteiger partial charge on any atom is 0.253 e. The molecule has 1 atom stereocenters. The van der Waals surface area contributed by atoms with Crippen LogP contribution in [0.1, 0.15) is 27.9 Å². The standard InChI is InChI=1S/C20H22N2O2S/c1-15-2-4-17(5-3-15)19(23)22-13-20(14-22)10-18(12-25-20)24-11-16-6-8-21-9-7-16/h2-9,18H,10-14H2,1H3/t18-/m1/s1. The van der Waals surface area contributed by atoms with E-state index in [4.69, 9.17) is 4.74 Å². The number of nitrogens with zero attached hydrogens (tertiary/aromatic N) is 2. The van der Waals surface area contributed by atoms with Crippen LogP contribution >= 0.6 is 11.8 Å². The zero-order valence-electron chi connectivity index (χ0n) is 14.4. The van der Waals surface area contributed by atoms with Gasteiger partial charge in [-0.05, 0) is 43.2 Å². The summed E-state index contributed by atoms with van der Waals surface area (Å²) < 4.78 is 6.26. The number of amides is 1. The van der Waals surface area contributed by atoms with Gasteiger partial charge in [0.25, 0.3) is 5.91 Å². The second kappa shape index (κ2) is 6.81. The Morgan fingerprint density at radius 1 is 1.24 bits per heavy atom. The molecule has 0 N–H and O–H groups in total. The van der Waals surface area contributed by atoms with Crippen molar-refractivity contribution in [3.05, 3.63) is 65.5 Å². The predicted octanol–water partition coefficient (Wildman–Crippen LogP) is 3.31. The molecule has 0 unspecified atom stereocenters. The molecule has 1 aromatic carbocycles. The highest BCUT2D eigenvalue weighted by Gasteiger charge is 2.50. The Kier molecular flexibility index (Phi) is 4.52. The fraction of sp³-hybridized carbons (Fsp3) is 0.400. The van der Waals surface area contributed by atoms with E-state index in [2.05, 4.69) is 4.98 Å². The summed E-state index contributed by atoms with van der Waals surface area (Å²) in [4.78, 5) is 18.5. The average molecular weight is 354 g/mol. The molecule has 0 radical (unpaired) electrons. The Labute approximate surface area is 152 Å². The summed E-state index contributed by atoms with van der Waals surface area (Å²) in [5.41, 5.74) is 3.12. The van der Waals surface area contributed by atoms with E-state index in [-0.39, 0.29) is 16.8 Å². The van der Waals surface area contributed by atoms with Crippen LogP contribution < -0.4 is 0 Å². The molecule has 4 rings (SSSR count). The molecule has 2 aliphatic rings. The maximum atomic E-state index is 12.6. The molecule has 2 saturated heterocycles. The number of rotatable bonds is 4. The molecule has 0 aliphatic carbocycles. The minimum Gasteiger partial charge on any atom is -0.373 e. The van der Waals surface area contributed by atoms with Crippen molar-refractivity contribution in [1.82, 2.24) is 9.88 Å². The van der Waals surface area contributed by atoms with Gasteiger partial charge in [0.2, 0.25) is 0 Å². The molecule has 3 heterocycles. The number of aromatic nitrogens is 1. The van der Waals surface area contributed by atoms with E-state index < -0.39 is 0 Å². The molecule has 4 nitrogen and oxygen atoms in total.